The minimum Gasteiger partial charge on any atom is -0.382 e. The van der Waals surface area contributed by atoms with Gasteiger partial charge in [0.1, 0.15) is 0 Å². The topological polar surface area (TPSA) is 54.7 Å². The molecule has 0 radical (unpaired) electrons. The summed E-state index contributed by atoms with van der Waals surface area (Å²) >= 11 is 6.22. The highest BCUT2D eigenvalue weighted by molar-refractivity contribution is 6.32. The average Bonchev–Trinajstić information content (AvgIpc) is 2.46. The van der Waals surface area contributed by atoms with Crippen molar-refractivity contribution in [3.8, 4) is 0 Å². The molecule has 0 aliphatic rings. The predicted octanol–water partition coefficient (Wildman–Crippen LogP) is 3.10. The molecule has 0 atom stereocenters. The Morgan fingerprint density at radius 1 is 1.33 bits per heavy atom. The Morgan fingerprint density at radius 2 is 2.00 bits per heavy atom. The summed E-state index contributed by atoms with van der Waals surface area (Å²) in [5, 5.41) is 8.58. The lowest BCUT2D eigenvalue weighted by molar-refractivity contribution is 0.596. The zero-order chi connectivity index (χ0) is 11.2. The normalized spacial score (nSPS) is 12.3. The van der Waals surface area contributed by atoms with Crippen LogP contribution in [0.4, 0.5) is 5.82 Å². The minimum absolute atomic E-state index is 0.0470. The molecule has 0 fully saturated rings. The maximum absolute atomic E-state index is 6.22. The number of anilines is 1. The number of nitrogen functional groups attached to an aromatic ring is 1. The summed E-state index contributed by atoms with van der Waals surface area (Å²) in [6, 6.07) is 3.78. The third-order valence-electron chi connectivity index (χ3n) is 2.46. The maximum Gasteiger partial charge on any atom is 0.153 e. The number of benzene rings is 1. The van der Waals surface area contributed by atoms with Crippen LogP contribution in [-0.2, 0) is 5.41 Å². The molecule has 0 unspecified atom stereocenters. The highest BCUT2D eigenvalue weighted by Crippen LogP contribution is 2.37. The van der Waals surface area contributed by atoms with Crippen LogP contribution in [0.5, 0.6) is 0 Å². The monoisotopic (exact) mass is 223 g/mol. The second-order valence-corrected chi connectivity index (χ2v) is 5.11. The van der Waals surface area contributed by atoms with E-state index in [4.69, 9.17) is 17.3 Å². The number of H-pyrrole nitrogens is 1. The molecule has 0 bridgehead atoms. The van der Waals surface area contributed by atoms with Gasteiger partial charge in [-0.25, -0.2) is 0 Å². The van der Waals surface area contributed by atoms with E-state index in [9.17, 15) is 0 Å². The van der Waals surface area contributed by atoms with Gasteiger partial charge in [0.15, 0.2) is 5.82 Å². The lowest BCUT2D eigenvalue weighted by Crippen LogP contribution is -2.12. The number of rotatable bonds is 0. The number of hydrogen-bond donors (Lipinski definition) is 2. The van der Waals surface area contributed by atoms with E-state index < -0.39 is 0 Å². The van der Waals surface area contributed by atoms with E-state index in [1.54, 1.807) is 0 Å². The zero-order valence-electron chi connectivity index (χ0n) is 9.06. The lowest BCUT2D eigenvalue weighted by atomic mass is 9.84. The molecule has 2 aromatic rings. The van der Waals surface area contributed by atoms with Crippen molar-refractivity contribution in [1.82, 2.24) is 10.2 Å². The molecule has 0 amide bonds. The van der Waals surface area contributed by atoms with E-state index >= 15 is 0 Å². The van der Waals surface area contributed by atoms with Gasteiger partial charge in [-0.3, -0.25) is 5.10 Å². The summed E-state index contributed by atoms with van der Waals surface area (Å²) in [7, 11) is 0. The summed E-state index contributed by atoms with van der Waals surface area (Å²) < 4.78 is 0. The summed E-state index contributed by atoms with van der Waals surface area (Å²) in [4.78, 5) is 0. The molecular formula is C11H14ClN3. The molecule has 0 aliphatic carbocycles. The highest BCUT2D eigenvalue weighted by atomic mass is 35.5. The molecule has 3 nitrogen and oxygen atoms in total. The number of hydrogen-bond acceptors (Lipinski definition) is 2. The van der Waals surface area contributed by atoms with Crippen molar-refractivity contribution in [2.45, 2.75) is 26.2 Å². The van der Waals surface area contributed by atoms with Gasteiger partial charge >= 0.3 is 0 Å². The van der Waals surface area contributed by atoms with Gasteiger partial charge in [0.2, 0.25) is 0 Å². The first-order valence-corrected chi connectivity index (χ1v) is 5.21. The summed E-state index contributed by atoms with van der Waals surface area (Å²) in [5.74, 6) is 0.512. The third kappa shape index (κ3) is 1.57. The van der Waals surface area contributed by atoms with E-state index in [1.807, 2.05) is 12.1 Å². The van der Waals surface area contributed by atoms with Gasteiger partial charge < -0.3 is 5.73 Å². The van der Waals surface area contributed by atoms with Gasteiger partial charge in [0.25, 0.3) is 0 Å². The molecule has 1 aromatic carbocycles. The van der Waals surface area contributed by atoms with Crippen molar-refractivity contribution >= 4 is 28.3 Å². The summed E-state index contributed by atoms with van der Waals surface area (Å²) in [6.45, 7) is 6.33. The fraction of sp³-hybridized carbons (Fsp3) is 0.364. The largest absolute Gasteiger partial charge is 0.382 e. The van der Waals surface area contributed by atoms with Crippen molar-refractivity contribution < 1.29 is 0 Å². The Balaban J connectivity index is 2.90. The quantitative estimate of drug-likeness (QED) is 0.721. The highest BCUT2D eigenvalue weighted by Gasteiger charge is 2.22. The van der Waals surface area contributed by atoms with Crippen LogP contribution in [0.1, 0.15) is 26.3 Å². The first-order valence-electron chi connectivity index (χ1n) is 4.84. The fourth-order valence-electron chi connectivity index (χ4n) is 1.85. The smallest absolute Gasteiger partial charge is 0.153 e. The predicted molar refractivity (Wildman–Crippen MR) is 64.2 cm³/mol. The molecule has 1 heterocycles. The van der Waals surface area contributed by atoms with E-state index in [0.29, 0.717) is 5.82 Å². The molecular weight excluding hydrogens is 210 g/mol. The van der Waals surface area contributed by atoms with Crippen LogP contribution in [-0.4, -0.2) is 10.2 Å². The van der Waals surface area contributed by atoms with Crippen molar-refractivity contribution in [2.24, 2.45) is 0 Å². The second kappa shape index (κ2) is 3.14. The Morgan fingerprint density at radius 3 is 2.60 bits per heavy atom. The summed E-state index contributed by atoms with van der Waals surface area (Å²) in [5.41, 5.74) is 7.78. The number of nitrogens with two attached hydrogens (primary N) is 1. The van der Waals surface area contributed by atoms with E-state index in [2.05, 4.69) is 31.0 Å². The maximum atomic E-state index is 6.22. The molecule has 3 N–H and O–H groups in total. The lowest BCUT2D eigenvalue weighted by Gasteiger charge is -2.21. The van der Waals surface area contributed by atoms with Crippen LogP contribution in [0.3, 0.4) is 0 Å². The van der Waals surface area contributed by atoms with Crippen LogP contribution in [0, 0.1) is 0 Å². The van der Waals surface area contributed by atoms with Crippen molar-refractivity contribution in [3.05, 3.63) is 22.7 Å². The molecule has 1 aromatic heterocycles. The Labute approximate surface area is 93.6 Å². The van der Waals surface area contributed by atoms with Crippen LogP contribution in [0.15, 0.2) is 12.1 Å². The van der Waals surface area contributed by atoms with E-state index in [-0.39, 0.29) is 5.41 Å². The van der Waals surface area contributed by atoms with Gasteiger partial charge in [-0.05, 0) is 23.1 Å². The Hall–Kier alpha value is -1.22. The van der Waals surface area contributed by atoms with Gasteiger partial charge in [-0.1, -0.05) is 32.4 Å². The van der Waals surface area contributed by atoms with Crippen LogP contribution in [0.2, 0.25) is 5.02 Å². The fourth-order valence-corrected chi connectivity index (χ4v) is 2.29. The third-order valence-corrected chi connectivity index (χ3v) is 2.77. The van der Waals surface area contributed by atoms with E-state index in [0.717, 1.165) is 21.5 Å². The minimum atomic E-state index is -0.0470. The van der Waals surface area contributed by atoms with Crippen LogP contribution in [0.25, 0.3) is 10.9 Å². The van der Waals surface area contributed by atoms with E-state index in [1.165, 1.54) is 0 Å². The first kappa shape index (κ1) is 10.3. The molecule has 15 heavy (non-hydrogen) atoms. The Bertz CT molecular complexity index is 508. The van der Waals surface area contributed by atoms with Gasteiger partial charge in [-0.15, -0.1) is 0 Å². The van der Waals surface area contributed by atoms with Gasteiger partial charge in [0, 0.05) is 10.4 Å². The number of fused-ring (bicyclic) bond motifs is 1. The van der Waals surface area contributed by atoms with Gasteiger partial charge in [-0.2, -0.15) is 5.10 Å². The summed E-state index contributed by atoms with van der Waals surface area (Å²) in [6.07, 6.45) is 0. The second-order valence-electron chi connectivity index (χ2n) is 4.70. The first-order chi connectivity index (χ1) is 6.91. The number of halogens is 1. The average molecular weight is 224 g/mol. The van der Waals surface area contributed by atoms with Crippen molar-refractivity contribution in [1.29, 1.82) is 0 Å². The SMILES string of the molecule is CC(C)(C)c1c(Cl)ccc2[nH]nc(N)c12. The molecule has 0 saturated heterocycles. The molecule has 80 valence electrons. The Kier molecular flexibility index (Phi) is 2.15. The number of aromatic nitrogens is 2. The van der Waals surface area contributed by atoms with Gasteiger partial charge in [0.05, 0.1) is 5.52 Å². The number of nitrogens with zero attached hydrogens (tertiary/aromatic N) is 1. The molecule has 2 rings (SSSR count). The van der Waals surface area contributed by atoms with Crippen molar-refractivity contribution in [3.63, 3.8) is 0 Å². The molecule has 0 saturated carbocycles. The molecule has 4 heteroatoms. The van der Waals surface area contributed by atoms with Crippen molar-refractivity contribution in [2.75, 3.05) is 5.73 Å². The van der Waals surface area contributed by atoms with Crippen LogP contribution < -0.4 is 5.73 Å². The standard InChI is InChI=1S/C11H14ClN3/c1-11(2,3)9-6(12)4-5-7-8(9)10(13)15-14-7/h4-5H,1-3H3,(H3,13,14,15). The number of aromatic amines is 1. The van der Waals surface area contributed by atoms with Crippen LogP contribution >= 0.6 is 11.6 Å². The molecule has 0 spiro atoms. The zero-order valence-corrected chi connectivity index (χ0v) is 9.81. The molecule has 0 aliphatic heterocycles. The number of nitrogens with one attached hydrogen (secondary N) is 1.